The molecule has 1 aliphatic rings. The van der Waals surface area contributed by atoms with Gasteiger partial charge in [-0.25, -0.2) is 0 Å². The van der Waals surface area contributed by atoms with Crippen LogP contribution in [0.3, 0.4) is 0 Å². The fourth-order valence-corrected chi connectivity index (χ4v) is 1.27. The third-order valence-electron chi connectivity index (χ3n) is 2.01. The van der Waals surface area contributed by atoms with Crippen molar-refractivity contribution >= 4 is 5.91 Å². The molecule has 0 aromatic carbocycles. The number of carbonyl (C=O) groups excluding carboxylic acids is 1. The van der Waals surface area contributed by atoms with Crippen LogP contribution in [0.2, 0.25) is 0 Å². The highest BCUT2D eigenvalue weighted by Crippen LogP contribution is 2.23. The van der Waals surface area contributed by atoms with Crippen LogP contribution < -0.4 is 0 Å². The summed E-state index contributed by atoms with van der Waals surface area (Å²) in [5.74, 6) is 0.149. The van der Waals surface area contributed by atoms with Crippen LogP contribution in [0.1, 0.15) is 12.8 Å². The number of rotatable bonds is 1. The summed E-state index contributed by atoms with van der Waals surface area (Å²) in [7, 11) is 1.77. The number of piperidine rings is 1. The summed E-state index contributed by atoms with van der Waals surface area (Å²) >= 11 is 0. The molecule has 0 unspecified atom stereocenters. The van der Waals surface area contributed by atoms with Gasteiger partial charge in [0.1, 0.15) is 0 Å². The van der Waals surface area contributed by atoms with Gasteiger partial charge in [-0.05, 0) is 18.1 Å². The molecule has 1 rings (SSSR count). The Balaban J connectivity index is 2.93. The Labute approximate surface area is 72.9 Å². The van der Waals surface area contributed by atoms with E-state index in [0.717, 1.165) is 17.7 Å². The second-order valence-corrected chi connectivity index (χ2v) is 2.84. The summed E-state index contributed by atoms with van der Waals surface area (Å²) in [5, 5.41) is 0. The average Bonchev–Trinajstić information content (AvgIpc) is 2.06. The molecule has 12 heavy (non-hydrogen) atoms. The maximum atomic E-state index is 11.2. The molecule has 0 radical (unpaired) electrons. The minimum absolute atomic E-state index is 0.149. The van der Waals surface area contributed by atoms with Gasteiger partial charge in [0.2, 0.25) is 5.91 Å². The van der Waals surface area contributed by atoms with E-state index < -0.39 is 0 Å². The molecule has 1 fully saturated rings. The first-order valence-electron chi connectivity index (χ1n) is 3.94. The lowest BCUT2D eigenvalue weighted by Gasteiger charge is -2.27. The van der Waals surface area contributed by atoms with Crippen LogP contribution in [0.25, 0.3) is 0 Å². The minimum Gasteiger partial charge on any atom is -0.315 e. The molecular weight excluding hydrogens is 150 g/mol. The summed E-state index contributed by atoms with van der Waals surface area (Å²) in [6, 6.07) is 0. The number of hydrogen-bond acceptors (Lipinski definition) is 1. The molecular formula is C10H13NO. The van der Waals surface area contributed by atoms with Gasteiger partial charge in [-0.3, -0.25) is 4.79 Å². The van der Waals surface area contributed by atoms with E-state index in [0.29, 0.717) is 6.42 Å². The van der Waals surface area contributed by atoms with E-state index in [1.165, 1.54) is 0 Å². The zero-order valence-electron chi connectivity index (χ0n) is 7.34. The van der Waals surface area contributed by atoms with Crippen LogP contribution in [0.4, 0.5) is 0 Å². The predicted molar refractivity (Wildman–Crippen MR) is 49.4 cm³/mol. The first kappa shape index (κ1) is 8.78. The zero-order chi connectivity index (χ0) is 9.14. The molecule has 0 bridgehead atoms. The molecule has 1 heterocycles. The van der Waals surface area contributed by atoms with E-state index in [9.17, 15) is 4.79 Å². The molecule has 0 atom stereocenters. The summed E-state index contributed by atoms with van der Waals surface area (Å²) in [4.78, 5) is 12.9. The molecule has 0 N–H and O–H groups in total. The van der Waals surface area contributed by atoms with Gasteiger partial charge in [-0.15, -0.1) is 0 Å². The number of hydrogen-bond donors (Lipinski definition) is 0. The van der Waals surface area contributed by atoms with Crippen molar-refractivity contribution in [2.75, 3.05) is 7.05 Å². The Kier molecular flexibility index (Phi) is 2.48. The van der Waals surface area contributed by atoms with Crippen LogP contribution in [0, 0.1) is 0 Å². The molecule has 64 valence electrons. The van der Waals surface area contributed by atoms with Crippen LogP contribution >= 0.6 is 0 Å². The van der Waals surface area contributed by atoms with Crippen molar-refractivity contribution in [2.24, 2.45) is 0 Å². The van der Waals surface area contributed by atoms with E-state index in [2.05, 4.69) is 13.2 Å². The van der Waals surface area contributed by atoms with Crippen molar-refractivity contribution in [1.82, 2.24) is 4.90 Å². The van der Waals surface area contributed by atoms with Gasteiger partial charge in [-0.1, -0.05) is 19.2 Å². The van der Waals surface area contributed by atoms with Gasteiger partial charge < -0.3 is 4.90 Å². The lowest BCUT2D eigenvalue weighted by atomic mass is 10.0. The smallest absolute Gasteiger partial charge is 0.227 e. The summed E-state index contributed by atoms with van der Waals surface area (Å²) in [6.45, 7) is 7.48. The van der Waals surface area contributed by atoms with Crippen molar-refractivity contribution < 1.29 is 4.79 Å². The van der Waals surface area contributed by atoms with Gasteiger partial charge in [0.25, 0.3) is 0 Å². The maximum absolute atomic E-state index is 11.2. The second-order valence-electron chi connectivity index (χ2n) is 2.84. The van der Waals surface area contributed by atoms with Crippen molar-refractivity contribution in [2.45, 2.75) is 12.8 Å². The molecule has 2 heteroatoms. The van der Waals surface area contributed by atoms with Gasteiger partial charge in [-0.2, -0.15) is 0 Å². The van der Waals surface area contributed by atoms with Crippen molar-refractivity contribution in [3.8, 4) is 0 Å². The SMILES string of the molecule is C=C/C=C1\C(=C)CCC(=O)N1C. The van der Waals surface area contributed by atoms with Crippen LogP contribution in [-0.2, 0) is 4.79 Å². The molecule has 0 saturated carbocycles. The quantitative estimate of drug-likeness (QED) is 0.577. The van der Waals surface area contributed by atoms with Crippen LogP contribution in [0.5, 0.6) is 0 Å². The highest BCUT2D eigenvalue weighted by Gasteiger charge is 2.20. The van der Waals surface area contributed by atoms with Gasteiger partial charge in [0, 0.05) is 19.2 Å². The molecule has 1 amide bonds. The van der Waals surface area contributed by atoms with Crippen molar-refractivity contribution in [1.29, 1.82) is 0 Å². The Morgan fingerprint density at radius 1 is 1.50 bits per heavy atom. The lowest BCUT2D eigenvalue weighted by molar-refractivity contribution is -0.128. The van der Waals surface area contributed by atoms with E-state index in [1.807, 2.05) is 6.08 Å². The highest BCUT2D eigenvalue weighted by atomic mass is 16.2. The fraction of sp³-hybridized carbons (Fsp3) is 0.300. The Morgan fingerprint density at radius 3 is 2.75 bits per heavy atom. The van der Waals surface area contributed by atoms with Crippen LogP contribution in [-0.4, -0.2) is 17.9 Å². The standard InChI is InChI=1S/C10H13NO/c1-4-5-9-8(2)6-7-10(12)11(9)3/h4-5H,1-2,6-7H2,3H3/b9-5+. The van der Waals surface area contributed by atoms with Crippen LogP contribution in [0.15, 0.2) is 36.6 Å². The first-order valence-corrected chi connectivity index (χ1v) is 3.94. The van der Waals surface area contributed by atoms with Crippen molar-refractivity contribution in [3.05, 3.63) is 36.6 Å². The molecule has 1 saturated heterocycles. The summed E-state index contributed by atoms with van der Waals surface area (Å²) in [5.41, 5.74) is 1.90. The largest absolute Gasteiger partial charge is 0.315 e. The molecule has 0 spiro atoms. The van der Waals surface area contributed by atoms with Gasteiger partial charge in [0.05, 0.1) is 0 Å². The topological polar surface area (TPSA) is 20.3 Å². The number of amides is 1. The minimum atomic E-state index is 0.149. The monoisotopic (exact) mass is 163 g/mol. The third kappa shape index (κ3) is 1.47. The van der Waals surface area contributed by atoms with E-state index in [4.69, 9.17) is 0 Å². The Bertz CT molecular complexity index is 263. The van der Waals surface area contributed by atoms with E-state index in [1.54, 1.807) is 18.0 Å². The summed E-state index contributed by atoms with van der Waals surface area (Å²) in [6.07, 6.45) is 4.83. The number of likely N-dealkylation sites (N-methyl/N-ethyl adjacent to an activating group) is 1. The second kappa shape index (κ2) is 3.39. The van der Waals surface area contributed by atoms with E-state index >= 15 is 0 Å². The lowest BCUT2D eigenvalue weighted by Crippen LogP contribution is -2.30. The van der Waals surface area contributed by atoms with Gasteiger partial charge in [0.15, 0.2) is 0 Å². The molecule has 0 aromatic heterocycles. The summed E-state index contributed by atoms with van der Waals surface area (Å²) < 4.78 is 0. The number of carbonyl (C=O) groups is 1. The Morgan fingerprint density at radius 2 is 2.17 bits per heavy atom. The number of likely N-dealkylation sites (tertiary alicyclic amines) is 1. The Hall–Kier alpha value is -1.31. The van der Waals surface area contributed by atoms with Gasteiger partial charge >= 0.3 is 0 Å². The molecule has 0 aliphatic carbocycles. The molecule has 1 aliphatic heterocycles. The average molecular weight is 163 g/mol. The fourth-order valence-electron chi connectivity index (χ4n) is 1.27. The highest BCUT2D eigenvalue weighted by molar-refractivity contribution is 5.81. The predicted octanol–water partition coefficient (Wildman–Crippen LogP) is 1.86. The molecule has 2 nitrogen and oxygen atoms in total. The van der Waals surface area contributed by atoms with Crippen molar-refractivity contribution in [3.63, 3.8) is 0 Å². The number of nitrogens with zero attached hydrogens (tertiary/aromatic N) is 1. The molecule has 0 aromatic rings. The number of allylic oxidation sites excluding steroid dienone is 3. The van der Waals surface area contributed by atoms with E-state index in [-0.39, 0.29) is 5.91 Å². The zero-order valence-corrected chi connectivity index (χ0v) is 7.34. The first-order chi connectivity index (χ1) is 5.66. The third-order valence-corrected chi connectivity index (χ3v) is 2.01. The normalized spacial score (nSPS) is 21.8. The maximum Gasteiger partial charge on any atom is 0.227 e.